The lowest BCUT2D eigenvalue weighted by Gasteiger charge is -2.06. The molecule has 0 fully saturated rings. The summed E-state index contributed by atoms with van der Waals surface area (Å²) in [5, 5.41) is 6.48. The van der Waals surface area contributed by atoms with Crippen molar-refractivity contribution in [1.29, 1.82) is 0 Å². The van der Waals surface area contributed by atoms with Crippen molar-refractivity contribution in [1.82, 2.24) is 0 Å². The second kappa shape index (κ2) is 8.70. The zero-order valence-corrected chi connectivity index (χ0v) is 14.6. The first-order valence-corrected chi connectivity index (χ1v) is 8.19. The van der Waals surface area contributed by atoms with Crippen molar-refractivity contribution in [3.63, 3.8) is 0 Å². The molecule has 2 aromatic carbocycles. The molecular weight excluding hydrogens is 352 g/mol. The molecule has 140 valence electrons. The van der Waals surface area contributed by atoms with Crippen LogP contribution in [0.2, 0.25) is 0 Å². The number of benzene rings is 2. The summed E-state index contributed by atoms with van der Waals surface area (Å²) in [7, 11) is 0. The van der Waals surface area contributed by atoms with Crippen molar-refractivity contribution in [2.75, 3.05) is 25.3 Å². The molecule has 3 rings (SSSR count). The zero-order chi connectivity index (χ0) is 19.1. The maximum absolute atomic E-state index is 11.7. The number of ether oxygens (including phenoxy) is 3. The van der Waals surface area contributed by atoms with Crippen LogP contribution in [-0.4, -0.2) is 37.6 Å². The molecule has 0 bridgehead atoms. The van der Waals surface area contributed by atoms with Gasteiger partial charge in [0.2, 0.25) is 13.4 Å². The van der Waals surface area contributed by atoms with Gasteiger partial charge in [-0.3, -0.25) is 4.79 Å². The summed E-state index contributed by atoms with van der Waals surface area (Å²) >= 11 is 0. The van der Waals surface area contributed by atoms with E-state index < -0.39 is 25.1 Å². The number of rotatable bonds is 7. The second-order valence-corrected chi connectivity index (χ2v) is 5.59. The number of para-hydroxylation sites is 1. The predicted octanol–water partition coefficient (Wildman–Crippen LogP) is 2.34. The van der Waals surface area contributed by atoms with Gasteiger partial charge in [0.25, 0.3) is 5.91 Å². The van der Waals surface area contributed by atoms with Gasteiger partial charge in [-0.05, 0) is 37.3 Å². The fourth-order valence-corrected chi connectivity index (χ4v) is 2.26. The number of nitrogens with one attached hydrogen (secondary N) is 1. The average molecular weight is 370 g/mol. The SMILES string of the molecule is C/C(=N/OCC(=O)OCC(=O)Nc1ccccc1)c1ccc2c(c1)OCO2. The Balaban J connectivity index is 1.41. The maximum atomic E-state index is 11.7. The molecule has 2 aromatic rings. The van der Waals surface area contributed by atoms with Gasteiger partial charge in [0.15, 0.2) is 18.1 Å². The highest BCUT2D eigenvalue weighted by atomic mass is 16.7. The van der Waals surface area contributed by atoms with Crippen molar-refractivity contribution >= 4 is 23.3 Å². The standard InChI is InChI=1S/C19H18N2O6/c1-13(14-7-8-16-17(9-14)26-12-25-16)21-27-11-19(23)24-10-18(22)20-15-5-3-2-4-6-15/h2-9H,10-12H2,1H3,(H,20,22)/b21-13-. The van der Waals surface area contributed by atoms with Crippen LogP contribution >= 0.6 is 0 Å². The van der Waals surface area contributed by atoms with Gasteiger partial charge in [0.05, 0.1) is 5.71 Å². The van der Waals surface area contributed by atoms with Gasteiger partial charge in [-0.1, -0.05) is 23.4 Å². The number of carbonyl (C=O) groups is 2. The summed E-state index contributed by atoms with van der Waals surface area (Å²) in [6.45, 7) is 1.12. The first kappa shape index (κ1) is 18.2. The normalized spacial score (nSPS) is 12.4. The Bertz CT molecular complexity index is 851. The highest BCUT2D eigenvalue weighted by molar-refractivity contribution is 5.99. The van der Waals surface area contributed by atoms with Crippen LogP contribution in [-0.2, 0) is 19.2 Å². The van der Waals surface area contributed by atoms with Crippen LogP contribution in [0.4, 0.5) is 5.69 Å². The smallest absolute Gasteiger partial charge is 0.347 e. The lowest BCUT2D eigenvalue weighted by atomic mass is 10.1. The summed E-state index contributed by atoms with van der Waals surface area (Å²) in [5.74, 6) is 0.172. The Morgan fingerprint density at radius 3 is 2.67 bits per heavy atom. The van der Waals surface area contributed by atoms with E-state index in [0.717, 1.165) is 5.56 Å². The summed E-state index contributed by atoms with van der Waals surface area (Å²) < 4.78 is 15.4. The van der Waals surface area contributed by atoms with Crippen molar-refractivity contribution in [3.8, 4) is 11.5 Å². The molecule has 27 heavy (non-hydrogen) atoms. The fourth-order valence-electron chi connectivity index (χ4n) is 2.26. The minimum atomic E-state index is -0.694. The van der Waals surface area contributed by atoms with Crippen LogP contribution in [0.3, 0.4) is 0 Å². The molecule has 1 aliphatic rings. The second-order valence-electron chi connectivity index (χ2n) is 5.59. The number of nitrogens with zero attached hydrogens (tertiary/aromatic N) is 1. The van der Waals surface area contributed by atoms with Crippen molar-refractivity contribution < 1.29 is 28.6 Å². The fraction of sp³-hybridized carbons (Fsp3) is 0.211. The Kier molecular flexibility index (Phi) is 5.88. The summed E-state index contributed by atoms with van der Waals surface area (Å²) in [5.41, 5.74) is 1.96. The van der Waals surface area contributed by atoms with Crippen molar-refractivity contribution in [2.24, 2.45) is 5.16 Å². The zero-order valence-electron chi connectivity index (χ0n) is 14.6. The van der Waals surface area contributed by atoms with E-state index >= 15 is 0 Å². The van der Waals surface area contributed by atoms with E-state index in [-0.39, 0.29) is 6.79 Å². The van der Waals surface area contributed by atoms with Gasteiger partial charge in [0.1, 0.15) is 0 Å². The molecule has 1 aliphatic heterocycles. The lowest BCUT2D eigenvalue weighted by Crippen LogP contribution is -2.22. The van der Waals surface area contributed by atoms with Crippen LogP contribution in [0, 0.1) is 0 Å². The molecule has 1 heterocycles. The van der Waals surface area contributed by atoms with E-state index in [1.807, 2.05) is 12.1 Å². The lowest BCUT2D eigenvalue weighted by molar-refractivity contribution is -0.151. The number of hydrogen-bond donors (Lipinski definition) is 1. The van der Waals surface area contributed by atoms with Crippen LogP contribution in [0.25, 0.3) is 0 Å². The molecule has 8 nitrogen and oxygen atoms in total. The van der Waals surface area contributed by atoms with Gasteiger partial charge in [0, 0.05) is 11.3 Å². The quantitative estimate of drug-likeness (QED) is 0.457. The number of oxime groups is 1. The molecule has 0 atom stereocenters. The van der Waals surface area contributed by atoms with E-state index in [0.29, 0.717) is 22.9 Å². The first-order valence-electron chi connectivity index (χ1n) is 8.19. The molecule has 0 saturated heterocycles. The molecule has 8 heteroatoms. The van der Waals surface area contributed by atoms with Crippen molar-refractivity contribution in [2.45, 2.75) is 6.92 Å². The van der Waals surface area contributed by atoms with E-state index in [4.69, 9.17) is 19.0 Å². The van der Waals surface area contributed by atoms with E-state index in [2.05, 4.69) is 10.5 Å². The van der Waals surface area contributed by atoms with E-state index in [9.17, 15) is 9.59 Å². The highest BCUT2D eigenvalue weighted by Crippen LogP contribution is 2.32. The molecule has 0 spiro atoms. The molecule has 1 N–H and O–H groups in total. The number of esters is 1. The third-order valence-corrected chi connectivity index (χ3v) is 3.60. The molecule has 0 unspecified atom stereocenters. The number of fused-ring (bicyclic) bond motifs is 1. The number of anilines is 1. The average Bonchev–Trinajstić information content (AvgIpc) is 3.15. The molecule has 0 saturated carbocycles. The van der Waals surface area contributed by atoms with Gasteiger partial charge in [-0.2, -0.15) is 0 Å². The largest absolute Gasteiger partial charge is 0.454 e. The molecule has 0 radical (unpaired) electrons. The van der Waals surface area contributed by atoms with E-state index in [1.54, 1.807) is 43.3 Å². The van der Waals surface area contributed by atoms with Crippen LogP contribution < -0.4 is 14.8 Å². The number of amides is 1. The Morgan fingerprint density at radius 2 is 1.85 bits per heavy atom. The molecule has 0 aromatic heterocycles. The summed E-state index contributed by atoms with van der Waals surface area (Å²) in [6, 6.07) is 14.2. The summed E-state index contributed by atoms with van der Waals surface area (Å²) in [4.78, 5) is 28.3. The Labute approximate surface area is 155 Å². The van der Waals surface area contributed by atoms with Crippen LogP contribution in [0.1, 0.15) is 12.5 Å². The highest BCUT2D eigenvalue weighted by Gasteiger charge is 2.14. The third-order valence-electron chi connectivity index (χ3n) is 3.60. The van der Waals surface area contributed by atoms with Gasteiger partial charge in [-0.25, -0.2) is 4.79 Å². The molecule has 0 aliphatic carbocycles. The molecular formula is C19H18N2O6. The topological polar surface area (TPSA) is 95.5 Å². The Hall–Kier alpha value is -3.55. The number of hydrogen-bond acceptors (Lipinski definition) is 7. The minimum Gasteiger partial charge on any atom is -0.454 e. The van der Waals surface area contributed by atoms with Crippen molar-refractivity contribution in [3.05, 3.63) is 54.1 Å². The number of carbonyl (C=O) groups excluding carboxylic acids is 2. The van der Waals surface area contributed by atoms with Crippen LogP contribution in [0.5, 0.6) is 11.5 Å². The molecule has 1 amide bonds. The maximum Gasteiger partial charge on any atom is 0.347 e. The third kappa shape index (κ3) is 5.21. The minimum absolute atomic E-state index is 0.190. The van der Waals surface area contributed by atoms with E-state index in [1.165, 1.54) is 0 Å². The van der Waals surface area contributed by atoms with Gasteiger partial charge < -0.3 is 24.4 Å². The van der Waals surface area contributed by atoms with Gasteiger partial charge in [-0.15, -0.1) is 0 Å². The Morgan fingerprint density at radius 1 is 1.07 bits per heavy atom. The predicted molar refractivity (Wildman–Crippen MR) is 96.8 cm³/mol. The van der Waals surface area contributed by atoms with Crippen LogP contribution in [0.15, 0.2) is 53.7 Å². The monoisotopic (exact) mass is 370 g/mol. The van der Waals surface area contributed by atoms with Gasteiger partial charge >= 0.3 is 5.97 Å². The summed E-state index contributed by atoms with van der Waals surface area (Å²) in [6.07, 6.45) is 0. The first-order chi connectivity index (χ1) is 13.1.